The minimum absolute atomic E-state index is 0.141. The Hall–Kier alpha value is -1.63. The van der Waals surface area contributed by atoms with Gasteiger partial charge in [0.2, 0.25) is 0 Å². The third-order valence-electron chi connectivity index (χ3n) is 2.48. The van der Waals surface area contributed by atoms with Crippen LogP contribution in [0.15, 0.2) is 23.1 Å². The molecule has 14 heteroatoms. The van der Waals surface area contributed by atoms with Gasteiger partial charge >= 0.3 is 17.4 Å². The van der Waals surface area contributed by atoms with Crippen LogP contribution in [0.2, 0.25) is 5.02 Å². The number of nitro groups is 1. The summed E-state index contributed by atoms with van der Waals surface area (Å²) in [7, 11) is -6.62. The van der Waals surface area contributed by atoms with Gasteiger partial charge in [-0.05, 0) is 12.1 Å². The van der Waals surface area contributed by atoms with Crippen LogP contribution in [0, 0.1) is 10.1 Å². The van der Waals surface area contributed by atoms with Gasteiger partial charge in [0, 0.05) is 6.07 Å². The normalized spacial score (nSPS) is 13.9. The quantitative estimate of drug-likeness (QED) is 0.446. The summed E-state index contributed by atoms with van der Waals surface area (Å²) in [4.78, 5) is 7.37. The molecule has 23 heavy (non-hydrogen) atoms. The maximum atomic E-state index is 13.3. The van der Waals surface area contributed by atoms with Crippen molar-refractivity contribution in [3.63, 3.8) is 0 Å². The Balaban J connectivity index is 3.60. The standard InChI is InChI=1S/C9H3ClF7NO4S/c10-5-2-1-4(3-6(5)18(19)20)23(21,22)9(16,17)7(11,12)8(13,14)15/h1-3H. The molecule has 5 nitrogen and oxygen atoms in total. The summed E-state index contributed by atoms with van der Waals surface area (Å²) < 4.78 is 111. The summed E-state index contributed by atoms with van der Waals surface area (Å²) in [6, 6.07) is 0.400. The van der Waals surface area contributed by atoms with Crippen molar-refractivity contribution in [2.45, 2.75) is 22.2 Å². The summed E-state index contributed by atoms with van der Waals surface area (Å²) in [5, 5.41) is 3.18. The smallest absolute Gasteiger partial charge is 0.258 e. The van der Waals surface area contributed by atoms with Gasteiger partial charge in [-0.1, -0.05) is 11.6 Å². The second-order valence-electron chi connectivity index (χ2n) is 3.96. The molecule has 0 spiro atoms. The first-order valence-corrected chi connectivity index (χ1v) is 6.94. The maximum Gasteiger partial charge on any atom is 0.461 e. The van der Waals surface area contributed by atoms with Gasteiger partial charge in [0.25, 0.3) is 15.5 Å². The molecule has 0 saturated carbocycles. The maximum absolute atomic E-state index is 13.3. The Bertz CT molecular complexity index is 747. The lowest BCUT2D eigenvalue weighted by atomic mass is 10.3. The Labute approximate surface area is 127 Å². The van der Waals surface area contributed by atoms with Gasteiger partial charge in [-0.25, -0.2) is 8.42 Å². The molecule has 0 heterocycles. The zero-order valence-electron chi connectivity index (χ0n) is 10.2. The van der Waals surface area contributed by atoms with Crippen LogP contribution in [0.3, 0.4) is 0 Å². The zero-order chi connectivity index (χ0) is 18.4. The van der Waals surface area contributed by atoms with Gasteiger partial charge in [-0.15, -0.1) is 0 Å². The Morgan fingerprint density at radius 3 is 1.91 bits per heavy atom. The average molecular weight is 390 g/mol. The summed E-state index contributed by atoms with van der Waals surface area (Å²) in [6.45, 7) is 0. The molecule has 0 fully saturated rings. The van der Waals surface area contributed by atoms with E-state index in [2.05, 4.69) is 0 Å². The predicted octanol–water partition coefficient (Wildman–Crippen LogP) is 3.81. The van der Waals surface area contributed by atoms with Crippen molar-refractivity contribution < 1.29 is 44.1 Å². The van der Waals surface area contributed by atoms with Crippen LogP contribution in [0.25, 0.3) is 0 Å². The number of alkyl halides is 7. The monoisotopic (exact) mass is 389 g/mol. The number of sulfone groups is 1. The number of benzene rings is 1. The van der Waals surface area contributed by atoms with E-state index in [4.69, 9.17) is 11.6 Å². The highest BCUT2D eigenvalue weighted by Gasteiger charge is 2.78. The molecule has 0 aliphatic rings. The van der Waals surface area contributed by atoms with Gasteiger partial charge in [-0.3, -0.25) is 10.1 Å². The van der Waals surface area contributed by atoms with Crippen LogP contribution < -0.4 is 0 Å². The van der Waals surface area contributed by atoms with Gasteiger partial charge in [-0.2, -0.15) is 30.7 Å². The van der Waals surface area contributed by atoms with E-state index in [-0.39, 0.29) is 12.1 Å². The van der Waals surface area contributed by atoms with Crippen molar-refractivity contribution in [2.24, 2.45) is 0 Å². The first kappa shape index (κ1) is 19.4. The summed E-state index contributed by atoms with van der Waals surface area (Å²) in [5.41, 5.74) is -1.26. The highest BCUT2D eigenvalue weighted by molar-refractivity contribution is 7.92. The Morgan fingerprint density at radius 2 is 1.52 bits per heavy atom. The summed E-state index contributed by atoms with van der Waals surface area (Å²) >= 11 is 5.27. The number of nitro benzene ring substituents is 1. The first-order chi connectivity index (χ1) is 10.1. The molecule has 0 unspecified atom stereocenters. The van der Waals surface area contributed by atoms with Crippen molar-refractivity contribution in [3.05, 3.63) is 33.3 Å². The van der Waals surface area contributed by atoms with Crippen molar-refractivity contribution in [1.29, 1.82) is 0 Å². The molecular weight excluding hydrogens is 387 g/mol. The number of nitrogens with zero attached hydrogens (tertiary/aromatic N) is 1. The van der Waals surface area contributed by atoms with Crippen LogP contribution >= 0.6 is 11.6 Å². The molecule has 0 saturated heterocycles. The lowest BCUT2D eigenvalue weighted by Crippen LogP contribution is -2.55. The average Bonchev–Trinajstić information content (AvgIpc) is 2.36. The molecule has 1 rings (SSSR count). The molecule has 1 aromatic rings. The third-order valence-corrected chi connectivity index (χ3v) is 4.61. The SMILES string of the molecule is O=[N+]([O-])c1cc(S(=O)(=O)C(F)(F)C(F)(F)C(F)(F)F)ccc1Cl. The van der Waals surface area contributed by atoms with E-state index >= 15 is 0 Å². The van der Waals surface area contributed by atoms with Gasteiger partial charge in [0.1, 0.15) is 5.02 Å². The van der Waals surface area contributed by atoms with E-state index in [0.29, 0.717) is 6.07 Å². The molecule has 1 aromatic carbocycles. The highest BCUT2D eigenvalue weighted by atomic mass is 35.5. The minimum Gasteiger partial charge on any atom is -0.258 e. The number of hydrogen-bond donors (Lipinski definition) is 0. The van der Waals surface area contributed by atoms with E-state index in [9.17, 15) is 49.3 Å². The Kier molecular flexibility index (Phi) is 4.62. The van der Waals surface area contributed by atoms with Crippen molar-refractivity contribution in [2.75, 3.05) is 0 Å². The fraction of sp³-hybridized carbons (Fsp3) is 0.333. The molecule has 0 bridgehead atoms. The second kappa shape index (κ2) is 5.47. The highest BCUT2D eigenvalue weighted by Crippen LogP contribution is 2.51. The first-order valence-electron chi connectivity index (χ1n) is 5.08. The molecular formula is C9H3ClF7NO4S. The summed E-state index contributed by atoms with van der Waals surface area (Å²) in [5.74, 6) is -6.92. The molecule has 0 radical (unpaired) electrons. The van der Waals surface area contributed by atoms with Gasteiger partial charge in [0.15, 0.2) is 0 Å². The topological polar surface area (TPSA) is 77.3 Å². The van der Waals surface area contributed by atoms with Crippen molar-refractivity contribution in [1.82, 2.24) is 0 Å². The van der Waals surface area contributed by atoms with Gasteiger partial charge in [0.05, 0.1) is 9.82 Å². The third kappa shape index (κ3) is 2.94. The fourth-order valence-electron chi connectivity index (χ4n) is 1.28. The molecule has 130 valence electrons. The second-order valence-corrected chi connectivity index (χ2v) is 6.36. The van der Waals surface area contributed by atoms with Crippen molar-refractivity contribution >= 4 is 27.1 Å². The molecule has 0 aliphatic carbocycles. The number of rotatable bonds is 4. The summed E-state index contributed by atoms with van der Waals surface area (Å²) in [6.07, 6.45) is -6.87. The van der Waals surface area contributed by atoms with Crippen LogP contribution in [0.5, 0.6) is 0 Å². The van der Waals surface area contributed by atoms with E-state index in [1.165, 1.54) is 0 Å². The predicted molar refractivity (Wildman–Crippen MR) is 61.2 cm³/mol. The van der Waals surface area contributed by atoms with Crippen LogP contribution in [0.1, 0.15) is 0 Å². The van der Waals surface area contributed by atoms with E-state index in [0.717, 1.165) is 0 Å². The minimum atomic E-state index is -6.92. The number of halogens is 8. The molecule has 0 amide bonds. The van der Waals surface area contributed by atoms with E-state index < -0.39 is 47.7 Å². The van der Waals surface area contributed by atoms with Crippen LogP contribution in [0.4, 0.5) is 36.4 Å². The molecule has 0 aliphatic heterocycles. The number of hydrogen-bond acceptors (Lipinski definition) is 4. The Morgan fingerprint density at radius 1 is 1.04 bits per heavy atom. The lowest BCUT2D eigenvalue weighted by Gasteiger charge is -2.27. The van der Waals surface area contributed by atoms with Gasteiger partial charge < -0.3 is 0 Å². The fourth-order valence-corrected chi connectivity index (χ4v) is 2.73. The largest absolute Gasteiger partial charge is 0.461 e. The molecule has 0 atom stereocenters. The van der Waals surface area contributed by atoms with E-state index in [1.807, 2.05) is 0 Å². The lowest BCUT2D eigenvalue weighted by molar-refractivity contribution is -0.384. The molecule has 0 aromatic heterocycles. The van der Waals surface area contributed by atoms with E-state index in [1.54, 1.807) is 0 Å². The van der Waals surface area contributed by atoms with Crippen LogP contribution in [-0.4, -0.2) is 30.7 Å². The molecule has 0 N–H and O–H groups in total. The van der Waals surface area contributed by atoms with Crippen LogP contribution in [-0.2, 0) is 9.84 Å². The van der Waals surface area contributed by atoms with Crippen molar-refractivity contribution in [3.8, 4) is 0 Å². The zero-order valence-corrected chi connectivity index (χ0v) is 11.8.